The highest BCUT2D eigenvalue weighted by molar-refractivity contribution is 6.37. The lowest BCUT2D eigenvalue weighted by atomic mass is 10.3. The zero-order valence-electron chi connectivity index (χ0n) is 5.97. The minimum Gasteiger partial charge on any atom is -0.477 e. The molecule has 0 saturated carbocycles. The number of nitrogens with one attached hydrogen (secondary N) is 1. The van der Waals surface area contributed by atoms with Crippen LogP contribution in [0.25, 0.3) is 0 Å². The molecule has 0 radical (unpaired) electrons. The lowest BCUT2D eigenvalue weighted by Crippen LogP contribution is -2.48. The maximum Gasteiger partial charge on any atom is 0.356 e. The second-order valence-electron chi connectivity index (χ2n) is 2.03. The maximum atomic E-state index is 10.4. The van der Waals surface area contributed by atoms with Gasteiger partial charge in [-0.3, -0.25) is 10.2 Å². The summed E-state index contributed by atoms with van der Waals surface area (Å²) in [6.45, 7) is 0.0769. The number of hydroxylamine groups is 1. The third-order valence-electron chi connectivity index (χ3n) is 1.33. The van der Waals surface area contributed by atoms with E-state index in [-0.39, 0.29) is 6.73 Å². The van der Waals surface area contributed by atoms with E-state index in [0.29, 0.717) is 0 Å². The maximum absolute atomic E-state index is 10.4. The van der Waals surface area contributed by atoms with Gasteiger partial charge >= 0.3 is 5.97 Å². The van der Waals surface area contributed by atoms with E-state index in [4.69, 9.17) is 16.2 Å². The Morgan fingerprint density at radius 1 is 1.83 bits per heavy atom. The number of rotatable bonds is 2. The van der Waals surface area contributed by atoms with Crippen molar-refractivity contribution in [2.45, 2.75) is 6.17 Å². The Balaban J connectivity index is 2.73. The van der Waals surface area contributed by atoms with E-state index in [1.165, 1.54) is 0 Å². The Bertz CT molecular complexity index is 217. The first-order valence-electron chi connectivity index (χ1n) is 3.02. The van der Waals surface area contributed by atoms with E-state index in [1.807, 2.05) is 0 Å². The Labute approximate surface area is 67.1 Å². The number of carbonyl (C=O) groups is 1. The molecular formula is C4H8N4O4. The molecule has 1 aliphatic rings. The molecule has 1 atom stereocenters. The number of aliphatic carboxylic acids is 1. The summed E-state index contributed by atoms with van der Waals surface area (Å²) in [4.78, 5) is 15.0. The number of hydrogen-bond acceptors (Lipinski definition) is 7. The number of nitrogens with zero attached hydrogens (tertiary/aromatic N) is 2. The van der Waals surface area contributed by atoms with Crippen LogP contribution in [0.2, 0.25) is 0 Å². The van der Waals surface area contributed by atoms with Gasteiger partial charge in [0, 0.05) is 0 Å². The Kier molecular flexibility index (Phi) is 2.55. The van der Waals surface area contributed by atoms with Gasteiger partial charge in [-0.25, -0.2) is 10.6 Å². The van der Waals surface area contributed by atoms with Crippen molar-refractivity contribution in [1.82, 2.24) is 10.5 Å². The third kappa shape index (κ3) is 1.51. The van der Waals surface area contributed by atoms with Crippen LogP contribution in [-0.4, -0.2) is 40.1 Å². The van der Waals surface area contributed by atoms with Crippen molar-refractivity contribution in [1.29, 1.82) is 0 Å². The van der Waals surface area contributed by atoms with Crippen LogP contribution in [0.4, 0.5) is 0 Å². The van der Waals surface area contributed by atoms with Gasteiger partial charge in [-0.15, -0.1) is 5.17 Å². The summed E-state index contributed by atoms with van der Waals surface area (Å²) in [5.41, 5.74) is -0.519. The molecular weight excluding hydrogens is 168 g/mol. The van der Waals surface area contributed by atoms with Crippen LogP contribution in [0.1, 0.15) is 0 Å². The van der Waals surface area contributed by atoms with Gasteiger partial charge in [0.15, 0.2) is 11.9 Å². The summed E-state index contributed by atoms with van der Waals surface area (Å²) in [6.07, 6.45) is -0.924. The van der Waals surface area contributed by atoms with Crippen LogP contribution in [-0.2, 0) is 9.63 Å². The Hall–Kier alpha value is -1.22. The minimum absolute atomic E-state index is 0.0769. The molecule has 0 spiro atoms. The number of nitrogens with two attached hydrogens (primary N) is 1. The van der Waals surface area contributed by atoms with Gasteiger partial charge in [-0.05, 0) is 0 Å². The fourth-order valence-electron chi connectivity index (χ4n) is 0.787. The molecule has 12 heavy (non-hydrogen) atoms. The van der Waals surface area contributed by atoms with Crippen LogP contribution in [0, 0.1) is 0 Å². The molecule has 5 N–H and O–H groups in total. The molecule has 0 aromatic heterocycles. The molecule has 1 heterocycles. The molecule has 0 bridgehead atoms. The quantitative estimate of drug-likeness (QED) is 0.164. The van der Waals surface area contributed by atoms with Crippen LogP contribution in [0.5, 0.6) is 0 Å². The van der Waals surface area contributed by atoms with Gasteiger partial charge in [0.25, 0.3) is 0 Å². The Morgan fingerprint density at radius 3 is 2.83 bits per heavy atom. The van der Waals surface area contributed by atoms with Gasteiger partial charge in [-0.2, -0.15) is 0 Å². The van der Waals surface area contributed by atoms with Gasteiger partial charge in [0.05, 0.1) is 0 Å². The van der Waals surface area contributed by atoms with Gasteiger partial charge in [0.1, 0.15) is 6.73 Å². The number of hydrazine groups is 1. The lowest BCUT2D eigenvalue weighted by Gasteiger charge is -2.13. The normalized spacial score (nSPS) is 26.1. The standard InChI is InChI=1S/C4H8N4O4/c5-8-3(6-1-12-8)2(7-11)4(9)10/h3,6,11H,1,5H2,(H,9,10)/b7-2-. The van der Waals surface area contributed by atoms with Crippen LogP contribution in [0.15, 0.2) is 5.16 Å². The van der Waals surface area contributed by atoms with Crippen molar-refractivity contribution in [2.24, 2.45) is 11.0 Å². The number of carboxylic acids is 1. The molecule has 0 aliphatic carbocycles. The minimum atomic E-state index is -1.36. The molecule has 0 aromatic carbocycles. The zero-order chi connectivity index (χ0) is 9.14. The summed E-state index contributed by atoms with van der Waals surface area (Å²) in [6, 6.07) is 0. The predicted octanol–water partition coefficient (Wildman–Crippen LogP) is -2.10. The highest BCUT2D eigenvalue weighted by atomic mass is 16.7. The molecule has 8 heteroatoms. The first-order valence-corrected chi connectivity index (χ1v) is 3.02. The van der Waals surface area contributed by atoms with Crippen molar-refractivity contribution in [2.75, 3.05) is 6.73 Å². The highest BCUT2D eigenvalue weighted by Crippen LogP contribution is 2.01. The average molecular weight is 176 g/mol. The zero-order valence-corrected chi connectivity index (χ0v) is 5.97. The molecule has 1 rings (SSSR count). The molecule has 1 unspecified atom stereocenters. The smallest absolute Gasteiger partial charge is 0.356 e. The molecule has 1 saturated heterocycles. The summed E-state index contributed by atoms with van der Waals surface area (Å²) < 4.78 is 0. The van der Waals surface area contributed by atoms with Crippen molar-refractivity contribution in [3.05, 3.63) is 0 Å². The number of hydrogen-bond donors (Lipinski definition) is 4. The molecule has 68 valence electrons. The van der Waals surface area contributed by atoms with Crippen LogP contribution < -0.4 is 11.2 Å². The van der Waals surface area contributed by atoms with E-state index in [1.54, 1.807) is 0 Å². The molecule has 8 nitrogen and oxygen atoms in total. The summed E-state index contributed by atoms with van der Waals surface area (Å²) in [5.74, 6) is 3.82. The Morgan fingerprint density at radius 2 is 2.50 bits per heavy atom. The number of carboxylic acid groups (broad SMARTS) is 1. The molecule has 0 amide bonds. The van der Waals surface area contributed by atoms with E-state index in [2.05, 4.69) is 15.3 Å². The van der Waals surface area contributed by atoms with E-state index < -0.39 is 17.8 Å². The summed E-state index contributed by atoms with van der Waals surface area (Å²) >= 11 is 0. The number of oxime groups is 1. The monoisotopic (exact) mass is 176 g/mol. The van der Waals surface area contributed by atoms with Gasteiger partial charge in [0.2, 0.25) is 0 Å². The lowest BCUT2D eigenvalue weighted by molar-refractivity contribution is -0.135. The second-order valence-corrected chi connectivity index (χ2v) is 2.03. The van der Waals surface area contributed by atoms with Crippen LogP contribution >= 0.6 is 0 Å². The fourth-order valence-corrected chi connectivity index (χ4v) is 0.787. The topological polar surface area (TPSA) is 120 Å². The van der Waals surface area contributed by atoms with Crippen molar-refractivity contribution in [3.8, 4) is 0 Å². The third-order valence-corrected chi connectivity index (χ3v) is 1.33. The SMILES string of the molecule is NN1OCNC1/C(=N/O)C(=O)O. The molecule has 0 aromatic rings. The first kappa shape index (κ1) is 8.87. The molecule has 1 aliphatic heterocycles. The van der Waals surface area contributed by atoms with Crippen LogP contribution in [0.3, 0.4) is 0 Å². The first-order chi connectivity index (χ1) is 5.66. The summed E-state index contributed by atoms with van der Waals surface area (Å²) in [7, 11) is 0. The van der Waals surface area contributed by atoms with Crippen molar-refractivity contribution >= 4 is 11.7 Å². The van der Waals surface area contributed by atoms with E-state index in [9.17, 15) is 4.79 Å². The predicted molar refractivity (Wildman–Crippen MR) is 35.8 cm³/mol. The largest absolute Gasteiger partial charge is 0.477 e. The van der Waals surface area contributed by atoms with Crippen molar-refractivity contribution < 1.29 is 19.9 Å². The van der Waals surface area contributed by atoms with Gasteiger partial charge < -0.3 is 10.3 Å². The highest BCUT2D eigenvalue weighted by Gasteiger charge is 2.32. The van der Waals surface area contributed by atoms with Gasteiger partial charge in [-0.1, -0.05) is 5.16 Å². The summed E-state index contributed by atoms with van der Waals surface area (Å²) in [5, 5.41) is 22.7. The van der Waals surface area contributed by atoms with E-state index >= 15 is 0 Å². The van der Waals surface area contributed by atoms with Crippen molar-refractivity contribution in [3.63, 3.8) is 0 Å². The molecule has 1 fully saturated rings. The second kappa shape index (κ2) is 3.45. The van der Waals surface area contributed by atoms with E-state index in [0.717, 1.165) is 5.17 Å². The average Bonchev–Trinajstić information content (AvgIpc) is 2.38. The fraction of sp³-hybridized carbons (Fsp3) is 0.500.